The lowest BCUT2D eigenvalue weighted by molar-refractivity contribution is 0.386. The summed E-state index contributed by atoms with van der Waals surface area (Å²) in [6.07, 6.45) is 0.192. The summed E-state index contributed by atoms with van der Waals surface area (Å²) in [6.45, 7) is 0. The molecule has 5 heteroatoms. The van der Waals surface area contributed by atoms with Gasteiger partial charge in [0.1, 0.15) is 5.82 Å². The van der Waals surface area contributed by atoms with Crippen LogP contribution in [-0.4, -0.2) is 7.11 Å². The van der Waals surface area contributed by atoms with E-state index in [4.69, 9.17) is 22.1 Å². The molecular weight excluding hydrogens is 284 g/mol. The summed E-state index contributed by atoms with van der Waals surface area (Å²) >= 11 is 5.95. The Labute approximate surface area is 121 Å². The topological polar surface area (TPSA) is 35.2 Å². The minimum absolute atomic E-state index is 0.143. The van der Waals surface area contributed by atoms with Crippen molar-refractivity contribution in [3.05, 3.63) is 64.2 Å². The number of hydrogen-bond acceptors (Lipinski definition) is 2. The number of ether oxygens (including phenoxy) is 1. The summed E-state index contributed by atoms with van der Waals surface area (Å²) in [5, 5.41) is 0.314. The molecule has 2 aromatic carbocycles. The van der Waals surface area contributed by atoms with Crippen LogP contribution in [0.5, 0.6) is 5.75 Å². The van der Waals surface area contributed by atoms with Gasteiger partial charge in [0, 0.05) is 16.6 Å². The Morgan fingerprint density at radius 1 is 1.20 bits per heavy atom. The van der Waals surface area contributed by atoms with Crippen LogP contribution in [0.2, 0.25) is 5.02 Å². The van der Waals surface area contributed by atoms with E-state index >= 15 is 0 Å². The first-order valence-corrected chi connectivity index (χ1v) is 6.42. The second-order valence-electron chi connectivity index (χ2n) is 4.40. The van der Waals surface area contributed by atoms with Gasteiger partial charge in [0.25, 0.3) is 0 Å². The lowest BCUT2D eigenvalue weighted by Crippen LogP contribution is -2.15. The zero-order chi connectivity index (χ0) is 14.7. The van der Waals surface area contributed by atoms with Crippen molar-refractivity contribution in [3.8, 4) is 5.75 Å². The number of rotatable bonds is 4. The van der Waals surface area contributed by atoms with E-state index in [0.29, 0.717) is 16.1 Å². The van der Waals surface area contributed by atoms with Gasteiger partial charge in [-0.25, -0.2) is 8.78 Å². The van der Waals surface area contributed by atoms with Crippen LogP contribution in [0.4, 0.5) is 8.78 Å². The SMILES string of the molecule is COc1ccc(C(N)Cc2c(F)cccc2Cl)cc1F. The minimum atomic E-state index is -0.551. The Morgan fingerprint density at radius 2 is 1.95 bits per heavy atom. The predicted molar refractivity (Wildman–Crippen MR) is 75.0 cm³/mol. The Bertz CT molecular complexity index is 599. The minimum Gasteiger partial charge on any atom is -0.494 e. The van der Waals surface area contributed by atoms with Gasteiger partial charge in [0.05, 0.1) is 7.11 Å². The third-order valence-corrected chi connectivity index (χ3v) is 3.44. The lowest BCUT2D eigenvalue weighted by Gasteiger charge is -2.14. The van der Waals surface area contributed by atoms with Crippen molar-refractivity contribution in [3.63, 3.8) is 0 Å². The van der Waals surface area contributed by atoms with Crippen LogP contribution < -0.4 is 10.5 Å². The highest BCUT2D eigenvalue weighted by Crippen LogP contribution is 2.26. The van der Waals surface area contributed by atoms with Crippen molar-refractivity contribution in [1.29, 1.82) is 0 Å². The Balaban J connectivity index is 2.24. The maximum absolute atomic E-state index is 13.7. The average Bonchev–Trinajstić information content (AvgIpc) is 2.42. The molecule has 0 aliphatic heterocycles. The van der Waals surface area contributed by atoms with E-state index in [9.17, 15) is 8.78 Å². The fourth-order valence-corrected chi connectivity index (χ4v) is 2.22. The smallest absolute Gasteiger partial charge is 0.165 e. The summed E-state index contributed by atoms with van der Waals surface area (Å²) in [7, 11) is 1.39. The van der Waals surface area contributed by atoms with Gasteiger partial charge < -0.3 is 10.5 Å². The lowest BCUT2D eigenvalue weighted by atomic mass is 9.99. The molecule has 0 aromatic heterocycles. The van der Waals surface area contributed by atoms with E-state index in [1.807, 2.05) is 0 Å². The van der Waals surface area contributed by atoms with Crippen LogP contribution in [0.25, 0.3) is 0 Å². The van der Waals surface area contributed by atoms with Crippen LogP contribution in [0.15, 0.2) is 36.4 Å². The molecule has 0 saturated heterocycles. The van der Waals surface area contributed by atoms with Gasteiger partial charge in [-0.05, 0) is 36.2 Å². The molecule has 1 atom stereocenters. The normalized spacial score (nSPS) is 12.2. The van der Waals surface area contributed by atoms with Crippen LogP contribution >= 0.6 is 11.6 Å². The summed E-state index contributed by atoms with van der Waals surface area (Å²) in [5.74, 6) is -0.771. The van der Waals surface area contributed by atoms with Crippen molar-refractivity contribution < 1.29 is 13.5 Å². The van der Waals surface area contributed by atoms with Gasteiger partial charge in [-0.1, -0.05) is 23.7 Å². The molecule has 0 bridgehead atoms. The summed E-state index contributed by atoms with van der Waals surface area (Å²) in [5.41, 5.74) is 6.88. The first-order valence-electron chi connectivity index (χ1n) is 6.05. The first kappa shape index (κ1) is 14.8. The van der Waals surface area contributed by atoms with E-state index in [1.165, 1.54) is 31.4 Å². The molecule has 2 rings (SSSR count). The van der Waals surface area contributed by atoms with Crippen LogP contribution in [0.1, 0.15) is 17.2 Å². The van der Waals surface area contributed by atoms with Gasteiger partial charge >= 0.3 is 0 Å². The third-order valence-electron chi connectivity index (χ3n) is 3.09. The molecule has 0 fully saturated rings. The number of methoxy groups -OCH3 is 1. The highest BCUT2D eigenvalue weighted by atomic mass is 35.5. The van der Waals surface area contributed by atoms with E-state index < -0.39 is 17.7 Å². The molecule has 0 spiro atoms. The summed E-state index contributed by atoms with van der Waals surface area (Å²) < 4.78 is 32.2. The molecule has 0 amide bonds. The molecule has 0 radical (unpaired) electrons. The predicted octanol–water partition coefficient (Wildman–Crippen LogP) is 3.87. The van der Waals surface area contributed by atoms with Crippen LogP contribution in [0, 0.1) is 11.6 Å². The molecule has 2 N–H and O–H groups in total. The third kappa shape index (κ3) is 3.08. The molecule has 0 heterocycles. The number of benzene rings is 2. The quantitative estimate of drug-likeness (QED) is 0.930. The van der Waals surface area contributed by atoms with Crippen LogP contribution in [0.3, 0.4) is 0 Å². The van der Waals surface area contributed by atoms with Gasteiger partial charge in [0.15, 0.2) is 11.6 Å². The van der Waals surface area contributed by atoms with Crippen molar-refractivity contribution in [1.82, 2.24) is 0 Å². The van der Waals surface area contributed by atoms with Crippen molar-refractivity contribution in [2.45, 2.75) is 12.5 Å². The molecular formula is C15H14ClF2NO. The largest absolute Gasteiger partial charge is 0.494 e. The van der Waals surface area contributed by atoms with Gasteiger partial charge in [-0.15, -0.1) is 0 Å². The van der Waals surface area contributed by atoms with Crippen molar-refractivity contribution >= 4 is 11.6 Å². The van der Waals surface area contributed by atoms with Crippen LogP contribution in [-0.2, 0) is 6.42 Å². The Hall–Kier alpha value is -1.65. The summed E-state index contributed by atoms with van der Waals surface area (Å²) in [6, 6.07) is 8.33. The second kappa shape index (κ2) is 6.20. The number of hydrogen-bond donors (Lipinski definition) is 1. The van der Waals surface area contributed by atoms with E-state index in [0.717, 1.165) is 0 Å². The van der Waals surface area contributed by atoms with Crippen molar-refractivity contribution in [2.24, 2.45) is 5.73 Å². The van der Waals surface area contributed by atoms with Crippen molar-refractivity contribution in [2.75, 3.05) is 7.11 Å². The fraction of sp³-hybridized carbons (Fsp3) is 0.200. The average molecular weight is 298 g/mol. The first-order chi connectivity index (χ1) is 9.52. The Kier molecular flexibility index (Phi) is 4.57. The Morgan fingerprint density at radius 3 is 2.55 bits per heavy atom. The zero-order valence-corrected chi connectivity index (χ0v) is 11.6. The van der Waals surface area contributed by atoms with Gasteiger partial charge in [-0.3, -0.25) is 0 Å². The van der Waals surface area contributed by atoms with E-state index in [-0.39, 0.29) is 12.2 Å². The molecule has 2 nitrogen and oxygen atoms in total. The highest BCUT2D eigenvalue weighted by Gasteiger charge is 2.15. The maximum Gasteiger partial charge on any atom is 0.165 e. The molecule has 20 heavy (non-hydrogen) atoms. The standard InChI is InChI=1S/C15H14ClF2NO/c1-20-15-6-5-9(7-13(15)18)14(19)8-10-11(16)3-2-4-12(10)17/h2-7,14H,8,19H2,1H3. The van der Waals surface area contributed by atoms with E-state index in [2.05, 4.69) is 0 Å². The summed E-state index contributed by atoms with van der Waals surface area (Å²) in [4.78, 5) is 0. The maximum atomic E-state index is 13.7. The molecule has 1 unspecified atom stereocenters. The molecule has 0 aliphatic rings. The molecule has 0 saturated carbocycles. The monoisotopic (exact) mass is 297 g/mol. The van der Waals surface area contributed by atoms with E-state index in [1.54, 1.807) is 12.1 Å². The van der Waals surface area contributed by atoms with Gasteiger partial charge in [-0.2, -0.15) is 0 Å². The fourth-order valence-electron chi connectivity index (χ4n) is 1.98. The van der Waals surface area contributed by atoms with Gasteiger partial charge in [0.2, 0.25) is 0 Å². The zero-order valence-electron chi connectivity index (χ0n) is 10.9. The molecule has 106 valence electrons. The number of halogens is 3. The number of nitrogens with two attached hydrogens (primary N) is 1. The second-order valence-corrected chi connectivity index (χ2v) is 4.81. The molecule has 0 aliphatic carbocycles. The highest BCUT2D eigenvalue weighted by molar-refractivity contribution is 6.31. The molecule has 2 aromatic rings.